The molecule has 84 valence electrons. The fraction of sp³-hybridized carbons (Fsp3) is 0.143. The molecule has 0 saturated heterocycles. The standard InChI is InChI=1S/C14H13N3/c1-9-11(4-3-5-14(9)16)12-6-7-17-10(2)13(12)8-15/h3-7H,16H2,1-2H3. The molecule has 0 unspecified atom stereocenters. The molecular weight excluding hydrogens is 210 g/mol. The van der Waals surface area contributed by atoms with Gasteiger partial charge in [-0.15, -0.1) is 0 Å². The first-order valence-electron chi connectivity index (χ1n) is 5.36. The van der Waals surface area contributed by atoms with Crippen LogP contribution < -0.4 is 5.73 Å². The monoisotopic (exact) mass is 223 g/mol. The van der Waals surface area contributed by atoms with Crippen LogP contribution in [-0.4, -0.2) is 4.98 Å². The lowest BCUT2D eigenvalue weighted by Crippen LogP contribution is -1.96. The van der Waals surface area contributed by atoms with Gasteiger partial charge in [0, 0.05) is 17.4 Å². The van der Waals surface area contributed by atoms with E-state index >= 15 is 0 Å². The van der Waals surface area contributed by atoms with Gasteiger partial charge < -0.3 is 5.73 Å². The van der Waals surface area contributed by atoms with E-state index in [0.717, 1.165) is 28.1 Å². The highest BCUT2D eigenvalue weighted by Crippen LogP contribution is 2.29. The van der Waals surface area contributed by atoms with Crippen molar-refractivity contribution in [3.05, 3.63) is 47.3 Å². The summed E-state index contributed by atoms with van der Waals surface area (Å²) in [6.07, 6.45) is 1.72. The van der Waals surface area contributed by atoms with Crippen LogP contribution in [-0.2, 0) is 0 Å². The lowest BCUT2D eigenvalue weighted by molar-refractivity contribution is 1.18. The van der Waals surface area contributed by atoms with Gasteiger partial charge in [0.2, 0.25) is 0 Å². The molecule has 0 spiro atoms. The number of nitriles is 1. The Hall–Kier alpha value is -2.34. The summed E-state index contributed by atoms with van der Waals surface area (Å²) < 4.78 is 0. The second-order valence-electron chi connectivity index (χ2n) is 3.95. The average molecular weight is 223 g/mol. The van der Waals surface area contributed by atoms with E-state index < -0.39 is 0 Å². The van der Waals surface area contributed by atoms with Gasteiger partial charge in [0.25, 0.3) is 0 Å². The van der Waals surface area contributed by atoms with Crippen molar-refractivity contribution >= 4 is 5.69 Å². The van der Waals surface area contributed by atoms with Crippen molar-refractivity contribution in [2.24, 2.45) is 0 Å². The summed E-state index contributed by atoms with van der Waals surface area (Å²) >= 11 is 0. The van der Waals surface area contributed by atoms with Gasteiger partial charge in [0.1, 0.15) is 6.07 Å². The number of benzene rings is 1. The summed E-state index contributed by atoms with van der Waals surface area (Å²) in [5.41, 5.74) is 10.9. The molecule has 1 aromatic heterocycles. The Morgan fingerprint density at radius 2 is 1.94 bits per heavy atom. The summed E-state index contributed by atoms with van der Waals surface area (Å²) in [6.45, 7) is 3.80. The van der Waals surface area contributed by atoms with Gasteiger partial charge >= 0.3 is 0 Å². The van der Waals surface area contributed by atoms with Crippen LogP contribution in [0.15, 0.2) is 30.5 Å². The Kier molecular flexibility index (Phi) is 2.80. The first kappa shape index (κ1) is 11.2. The smallest absolute Gasteiger partial charge is 0.102 e. The lowest BCUT2D eigenvalue weighted by atomic mass is 9.95. The third-order valence-corrected chi connectivity index (χ3v) is 2.92. The zero-order valence-corrected chi connectivity index (χ0v) is 9.86. The topological polar surface area (TPSA) is 62.7 Å². The second-order valence-corrected chi connectivity index (χ2v) is 3.95. The third kappa shape index (κ3) is 1.85. The molecule has 0 saturated carbocycles. The van der Waals surface area contributed by atoms with E-state index in [1.807, 2.05) is 38.1 Å². The molecule has 2 N–H and O–H groups in total. The zero-order valence-electron chi connectivity index (χ0n) is 9.86. The van der Waals surface area contributed by atoms with Crippen molar-refractivity contribution in [3.63, 3.8) is 0 Å². The van der Waals surface area contributed by atoms with Crippen LogP contribution in [0.1, 0.15) is 16.8 Å². The maximum absolute atomic E-state index is 9.20. The molecule has 0 aliphatic carbocycles. The first-order valence-corrected chi connectivity index (χ1v) is 5.36. The molecule has 0 amide bonds. The Morgan fingerprint density at radius 1 is 1.18 bits per heavy atom. The van der Waals surface area contributed by atoms with Gasteiger partial charge in [-0.05, 0) is 37.1 Å². The predicted octanol–water partition coefficient (Wildman–Crippen LogP) is 2.82. The van der Waals surface area contributed by atoms with Gasteiger partial charge in [0.05, 0.1) is 11.3 Å². The van der Waals surface area contributed by atoms with Crippen LogP contribution in [0.25, 0.3) is 11.1 Å². The molecule has 0 fully saturated rings. The minimum atomic E-state index is 0.612. The quantitative estimate of drug-likeness (QED) is 0.756. The molecule has 1 aromatic carbocycles. The number of nitrogens with zero attached hydrogens (tertiary/aromatic N) is 2. The Bertz CT molecular complexity index is 609. The third-order valence-electron chi connectivity index (χ3n) is 2.92. The number of nitrogens with two attached hydrogens (primary N) is 1. The highest BCUT2D eigenvalue weighted by atomic mass is 14.7. The Morgan fingerprint density at radius 3 is 2.65 bits per heavy atom. The van der Waals surface area contributed by atoms with Crippen molar-refractivity contribution in [3.8, 4) is 17.2 Å². The van der Waals surface area contributed by atoms with E-state index in [1.165, 1.54) is 0 Å². The number of rotatable bonds is 1. The summed E-state index contributed by atoms with van der Waals surface area (Å²) in [7, 11) is 0. The van der Waals surface area contributed by atoms with Gasteiger partial charge in [-0.25, -0.2) is 0 Å². The normalized spacial score (nSPS) is 9.94. The lowest BCUT2D eigenvalue weighted by Gasteiger charge is -2.10. The van der Waals surface area contributed by atoms with Crippen molar-refractivity contribution in [1.82, 2.24) is 4.98 Å². The Labute approximate surface area is 101 Å². The molecule has 2 rings (SSSR count). The van der Waals surface area contributed by atoms with Crippen molar-refractivity contribution < 1.29 is 0 Å². The van der Waals surface area contributed by atoms with Crippen LogP contribution in [0.5, 0.6) is 0 Å². The highest BCUT2D eigenvalue weighted by Gasteiger charge is 2.11. The van der Waals surface area contributed by atoms with Gasteiger partial charge in [-0.1, -0.05) is 12.1 Å². The van der Waals surface area contributed by atoms with E-state index in [1.54, 1.807) is 6.20 Å². The number of hydrogen-bond donors (Lipinski definition) is 1. The van der Waals surface area contributed by atoms with Gasteiger partial charge in [0.15, 0.2) is 0 Å². The number of anilines is 1. The van der Waals surface area contributed by atoms with Crippen LogP contribution >= 0.6 is 0 Å². The van der Waals surface area contributed by atoms with E-state index in [9.17, 15) is 5.26 Å². The highest BCUT2D eigenvalue weighted by molar-refractivity contribution is 5.77. The predicted molar refractivity (Wildman–Crippen MR) is 68.3 cm³/mol. The summed E-state index contributed by atoms with van der Waals surface area (Å²) in [5, 5.41) is 9.20. The molecule has 0 radical (unpaired) electrons. The fourth-order valence-corrected chi connectivity index (χ4v) is 1.88. The van der Waals surface area contributed by atoms with E-state index in [-0.39, 0.29) is 0 Å². The molecule has 0 atom stereocenters. The zero-order chi connectivity index (χ0) is 12.4. The molecular formula is C14H13N3. The van der Waals surface area contributed by atoms with Crippen molar-refractivity contribution in [2.45, 2.75) is 13.8 Å². The molecule has 1 heterocycles. The SMILES string of the molecule is Cc1nccc(-c2cccc(N)c2C)c1C#N. The average Bonchev–Trinajstić information content (AvgIpc) is 2.32. The second kappa shape index (κ2) is 4.26. The Balaban J connectivity index is 2.74. The van der Waals surface area contributed by atoms with Crippen LogP contribution in [0.2, 0.25) is 0 Å². The molecule has 0 bridgehead atoms. The number of aryl methyl sites for hydroxylation is 1. The number of pyridine rings is 1. The molecule has 3 nitrogen and oxygen atoms in total. The first-order chi connectivity index (χ1) is 8.15. The number of aromatic nitrogens is 1. The molecule has 3 heteroatoms. The van der Waals surface area contributed by atoms with E-state index in [0.29, 0.717) is 5.56 Å². The maximum atomic E-state index is 9.20. The summed E-state index contributed by atoms with van der Waals surface area (Å²) in [4.78, 5) is 4.13. The number of hydrogen-bond acceptors (Lipinski definition) is 3. The molecule has 0 aliphatic rings. The molecule has 17 heavy (non-hydrogen) atoms. The molecule has 2 aromatic rings. The van der Waals surface area contributed by atoms with Crippen LogP contribution in [0.4, 0.5) is 5.69 Å². The van der Waals surface area contributed by atoms with E-state index in [2.05, 4.69) is 11.1 Å². The maximum Gasteiger partial charge on any atom is 0.102 e. The molecule has 0 aliphatic heterocycles. The summed E-state index contributed by atoms with van der Waals surface area (Å²) in [5.74, 6) is 0. The van der Waals surface area contributed by atoms with Gasteiger partial charge in [-0.2, -0.15) is 5.26 Å². The van der Waals surface area contributed by atoms with Gasteiger partial charge in [-0.3, -0.25) is 4.98 Å². The minimum Gasteiger partial charge on any atom is -0.398 e. The summed E-state index contributed by atoms with van der Waals surface area (Å²) in [6, 6.07) is 9.79. The van der Waals surface area contributed by atoms with Crippen molar-refractivity contribution in [2.75, 3.05) is 5.73 Å². The fourth-order valence-electron chi connectivity index (χ4n) is 1.88. The number of nitrogen functional groups attached to an aromatic ring is 1. The van der Waals surface area contributed by atoms with E-state index in [4.69, 9.17) is 5.73 Å². The van der Waals surface area contributed by atoms with Crippen molar-refractivity contribution in [1.29, 1.82) is 5.26 Å². The largest absolute Gasteiger partial charge is 0.398 e. The minimum absolute atomic E-state index is 0.612. The van der Waals surface area contributed by atoms with Crippen LogP contribution in [0.3, 0.4) is 0 Å². The van der Waals surface area contributed by atoms with Crippen LogP contribution in [0, 0.1) is 25.2 Å².